The highest BCUT2D eigenvalue weighted by Crippen LogP contribution is 2.39. The topological polar surface area (TPSA) is 63.1 Å². The molecule has 6 rings (SSSR count). The number of H-pyrrole nitrogens is 1. The van der Waals surface area contributed by atoms with Crippen molar-refractivity contribution in [2.45, 2.75) is 45.4 Å². The van der Waals surface area contributed by atoms with Crippen molar-refractivity contribution in [2.24, 2.45) is 0 Å². The summed E-state index contributed by atoms with van der Waals surface area (Å²) in [6, 6.07) is 11.1. The van der Waals surface area contributed by atoms with Gasteiger partial charge in [0.1, 0.15) is 5.82 Å². The molecule has 4 aromatic rings. The van der Waals surface area contributed by atoms with Crippen molar-refractivity contribution >= 4 is 27.7 Å². The number of benzene rings is 2. The van der Waals surface area contributed by atoms with Crippen molar-refractivity contribution in [3.05, 3.63) is 59.7 Å². The van der Waals surface area contributed by atoms with Gasteiger partial charge in [-0.15, -0.1) is 0 Å². The van der Waals surface area contributed by atoms with Crippen molar-refractivity contribution in [3.63, 3.8) is 0 Å². The van der Waals surface area contributed by atoms with E-state index in [1.165, 1.54) is 41.6 Å². The smallest absolute Gasteiger partial charge is 0.219 e. The van der Waals surface area contributed by atoms with Crippen LogP contribution in [0.4, 0.5) is 4.39 Å². The van der Waals surface area contributed by atoms with Gasteiger partial charge in [0.15, 0.2) is 0 Å². The number of amides is 1. The van der Waals surface area contributed by atoms with E-state index >= 15 is 0 Å². The molecule has 1 N–H and O–H groups in total. The van der Waals surface area contributed by atoms with Crippen LogP contribution in [0.15, 0.2) is 42.6 Å². The zero-order chi connectivity index (χ0) is 23.7. The summed E-state index contributed by atoms with van der Waals surface area (Å²) < 4.78 is 21.4. The first-order valence-corrected chi connectivity index (χ1v) is 12.1. The third kappa shape index (κ3) is 4.32. The average Bonchev–Trinajstić information content (AvgIpc) is 3.59. The molecule has 0 spiro atoms. The highest BCUT2D eigenvalue weighted by Gasteiger charge is 2.25. The molecule has 0 unspecified atom stereocenters. The van der Waals surface area contributed by atoms with E-state index < -0.39 is 0 Å². The van der Waals surface area contributed by atoms with Gasteiger partial charge in [-0.05, 0) is 74.6 Å². The lowest BCUT2D eigenvalue weighted by atomic mass is 9.93. The molecule has 34 heavy (non-hydrogen) atoms. The van der Waals surface area contributed by atoms with E-state index in [-0.39, 0.29) is 11.7 Å². The number of likely N-dealkylation sites (tertiary alicyclic amines) is 1. The zero-order valence-corrected chi connectivity index (χ0v) is 19.8. The van der Waals surface area contributed by atoms with Crippen LogP contribution < -0.4 is 0 Å². The molecular weight excluding hydrogens is 431 g/mol. The van der Waals surface area contributed by atoms with Crippen LogP contribution in [0.5, 0.6) is 0 Å². The summed E-state index contributed by atoms with van der Waals surface area (Å²) in [6.07, 6.45) is 6.26. The molecule has 2 saturated heterocycles. The van der Waals surface area contributed by atoms with Gasteiger partial charge in [0.2, 0.25) is 5.91 Å². The summed E-state index contributed by atoms with van der Waals surface area (Å²) in [4.78, 5) is 12.5. The van der Waals surface area contributed by atoms with Crippen LogP contribution in [0.3, 0.4) is 0 Å². The van der Waals surface area contributed by atoms with Gasteiger partial charge in [0.05, 0.1) is 17.2 Å². The molecule has 4 heterocycles. The first-order chi connectivity index (χ1) is 16.5. The zero-order valence-electron chi connectivity index (χ0n) is 19.8. The van der Waals surface area contributed by atoms with E-state index in [2.05, 4.69) is 33.8 Å². The molecule has 0 radical (unpaired) electrons. The number of aryl methyl sites for hydroxylation is 1. The van der Waals surface area contributed by atoms with Crippen LogP contribution >= 0.6 is 0 Å². The van der Waals surface area contributed by atoms with E-state index in [4.69, 9.17) is 4.74 Å². The number of nitrogens with zero attached hydrogens (tertiary/aromatic N) is 3. The van der Waals surface area contributed by atoms with Crippen LogP contribution in [0.25, 0.3) is 27.5 Å². The number of ether oxygens (including phenoxy) is 1. The van der Waals surface area contributed by atoms with E-state index in [0.717, 1.165) is 61.3 Å². The van der Waals surface area contributed by atoms with Crippen LogP contribution in [0.2, 0.25) is 0 Å². The lowest BCUT2D eigenvalue weighted by Crippen LogP contribution is -2.24. The van der Waals surface area contributed by atoms with Crippen LogP contribution in [-0.2, 0) is 9.53 Å². The second-order valence-electron chi connectivity index (χ2n) is 9.25. The van der Waals surface area contributed by atoms with Crippen molar-refractivity contribution in [3.8, 4) is 5.69 Å². The van der Waals surface area contributed by atoms with Gasteiger partial charge in [-0.3, -0.25) is 9.89 Å². The Balaban J connectivity index is 0.000000257. The normalized spacial score (nSPS) is 16.7. The Morgan fingerprint density at radius 3 is 2.47 bits per heavy atom. The maximum absolute atomic E-state index is 13.5. The van der Waals surface area contributed by atoms with Gasteiger partial charge >= 0.3 is 0 Å². The molecule has 0 atom stereocenters. The average molecular weight is 463 g/mol. The standard InChI is InChI=1S/C21H20FN3O.C6H11NO/c1-13-18-11-19-15(12-23-24-19)10-20(18)25(17-4-2-16(22)3-5-17)21(13)14-6-8-26-9-7-14;1-6(8)7-4-2-3-5-7/h2-5,10-12,14H,6-9H2,1H3,(H,23,24);2-5H2,1H3. The number of carbonyl (C=O) groups excluding carboxylic acids is 1. The molecule has 2 aliphatic heterocycles. The SMILES string of the molecule is CC(=O)N1CCCC1.Cc1c(C2CCOCC2)n(-c2ccc(F)cc2)c2cc3cn[nH]c3cc12. The number of carbonyl (C=O) groups is 1. The first-order valence-electron chi connectivity index (χ1n) is 12.1. The summed E-state index contributed by atoms with van der Waals surface area (Å²) >= 11 is 0. The number of fused-ring (bicyclic) bond motifs is 2. The fraction of sp³-hybridized carbons (Fsp3) is 0.407. The molecule has 0 saturated carbocycles. The highest BCUT2D eigenvalue weighted by atomic mass is 19.1. The summed E-state index contributed by atoms with van der Waals surface area (Å²) in [5.41, 5.74) is 5.77. The highest BCUT2D eigenvalue weighted by molar-refractivity contribution is 5.98. The lowest BCUT2D eigenvalue weighted by Gasteiger charge is -2.25. The predicted octanol–water partition coefficient (Wildman–Crippen LogP) is 5.48. The molecule has 0 aliphatic carbocycles. The second kappa shape index (κ2) is 9.58. The van der Waals surface area contributed by atoms with E-state index in [1.54, 1.807) is 6.92 Å². The fourth-order valence-corrected chi connectivity index (χ4v) is 5.26. The first kappa shape index (κ1) is 22.6. The predicted molar refractivity (Wildman–Crippen MR) is 132 cm³/mol. The molecule has 0 bridgehead atoms. The van der Waals surface area contributed by atoms with Gasteiger partial charge in [-0.1, -0.05) is 0 Å². The Morgan fingerprint density at radius 1 is 1.12 bits per heavy atom. The van der Waals surface area contributed by atoms with Crippen molar-refractivity contribution < 1.29 is 13.9 Å². The second-order valence-corrected chi connectivity index (χ2v) is 9.25. The number of halogens is 1. The van der Waals surface area contributed by atoms with Gasteiger partial charge in [0, 0.05) is 61.3 Å². The summed E-state index contributed by atoms with van der Waals surface area (Å²) in [6.45, 7) is 7.37. The third-order valence-corrected chi connectivity index (χ3v) is 7.07. The minimum Gasteiger partial charge on any atom is -0.381 e. The quantitative estimate of drug-likeness (QED) is 0.429. The monoisotopic (exact) mass is 462 g/mol. The van der Waals surface area contributed by atoms with Crippen LogP contribution in [0, 0.1) is 12.7 Å². The maximum atomic E-state index is 13.5. The molecular formula is C27H31FN4O2. The lowest BCUT2D eigenvalue weighted by molar-refractivity contribution is -0.127. The van der Waals surface area contributed by atoms with E-state index in [9.17, 15) is 9.18 Å². The molecule has 2 aliphatic rings. The number of nitrogens with one attached hydrogen (secondary N) is 1. The Kier molecular flexibility index (Phi) is 6.37. The maximum Gasteiger partial charge on any atom is 0.219 e. The number of rotatable bonds is 2. The number of hydrogen-bond acceptors (Lipinski definition) is 3. The third-order valence-electron chi connectivity index (χ3n) is 7.07. The molecule has 178 valence electrons. The van der Waals surface area contributed by atoms with Crippen LogP contribution in [0.1, 0.15) is 49.8 Å². The van der Waals surface area contributed by atoms with Gasteiger partial charge in [0.25, 0.3) is 0 Å². The summed E-state index contributed by atoms with van der Waals surface area (Å²) in [5.74, 6) is 0.451. The molecule has 6 nitrogen and oxygen atoms in total. The molecule has 2 fully saturated rings. The van der Waals surface area contributed by atoms with Crippen molar-refractivity contribution in [1.29, 1.82) is 0 Å². The van der Waals surface area contributed by atoms with Gasteiger partial charge in [-0.25, -0.2) is 4.39 Å². The Hall–Kier alpha value is -3.19. The molecule has 7 heteroatoms. The minimum absolute atomic E-state index is 0.216. The number of aromatic amines is 1. The molecule has 2 aromatic carbocycles. The van der Waals surface area contributed by atoms with Crippen LogP contribution in [-0.4, -0.2) is 51.9 Å². The summed E-state index contributed by atoms with van der Waals surface area (Å²) in [5, 5.41) is 9.52. The van der Waals surface area contributed by atoms with Crippen molar-refractivity contribution in [1.82, 2.24) is 19.7 Å². The largest absolute Gasteiger partial charge is 0.381 e. The van der Waals surface area contributed by atoms with Gasteiger partial charge in [-0.2, -0.15) is 5.10 Å². The van der Waals surface area contributed by atoms with Crippen molar-refractivity contribution in [2.75, 3.05) is 26.3 Å². The molecule has 2 aromatic heterocycles. The van der Waals surface area contributed by atoms with E-state index in [1.807, 2.05) is 23.2 Å². The van der Waals surface area contributed by atoms with Gasteiger partial charge < -0.3 is 14.2 Å². The Labute approximate surface area is 198 Å². The minimum atomic E-state index is -0.216. The Bertz CT molecular complexity index is 1300. The van der Waals surface area contributed by atoms with E-state index in [0.29, 0.717) is 5.92 Å². The number of aromatic nitrogens is 3. The molecule has 1 amide bonds. The number of hydrogen-bond donors (Lipinski definition) is 1. The Morgan fingerprint density at radius 2 is 1.82 bits per heavy atom. The fourth-order valence-electron chi connectivity index (χ4n) is 5.26. The summed E-state index contributed by atoms with van der Waals surface area (Å²) in [7, 11) is 0.